The van der Waals surface area contributed by atoms with Crippen LogP contribution in [0.3, 0.4) is 0 Å². The summed E-state index contributed by atoms with van der Waals surface area (Å²) in [6.45, 7) is 7.84. The number of halogens is 1. The quantitative estimate of drug-likeness (QED) is 0.845. The van der Waals surface area contributed by atoms with Gasteiger partial charge < -0.3 is 10.6 Å². The molecule has 6 heteroatoms. The molecule has 2 amide bonds. The fourth-order valence-electron chi connectivity index (χ4n) is 1.64. The molecule has 122 valence electrons. The first-order valence-electron chi connectivity index (χ1n) is 7.13. The average Bonchev–Trinajstić information content (AvgIpc) is 2.42. The van der Waals surface area contributed by atoms with Crippen LogP contribution in [0.1, 0.15) is 39.3 Å². The van der Waals surface area contributed by atoms with Gasteiger partial charge in [0.25, 0.3) is 0 Å². The Balaban J connectivity index is 2.34. The lowest BCUT2D eigenvalue weighted by Gasteiger charge is -2.17. The van der Waals surface area contributed by atoms with E-state index in [2.05, 4.69) is 10.6 Å². The second kappa shape index (κ2) is 8.17. The summed E-state index contributed by atoms with van der Waals surface area (Å²) in [4.78, 5) is 23.4. The van der Waals surface area contributed by atoms with Gasteiger partial charge in [-0.2, -0.15) is 0 Å². The number of carbonyl (C=O) groups is 2. The Labute approximate surface area is 135 Å². The summed E-state index contributed by atoms with van der Waals surface area (Å²) in [7, 11) is 0. The van der Waals surface area contributed by atoms with Crippen LogP contribution in [0.15, 0.2) is 24.3 Å². The molecule has 0 aliphatic heterocycles. The van der Waals surface area contributed by atoms with Gasteiger partial charge in [0.2, 0.25) is 11.8 Å². The Hall–Kier alpha value is -1.56. The highest BCUT2D eigenvalue weighted by Gasteiger charge is 2.14. The molecule has 2 N–H and O–H groups in total. The average molecular weight is 326 g/mol. The van der Waals surface area contributed by atoms with Crippen molar-refractivity contribution in [2.24, 2.45) is 0 Å². The molecule has 0 saturated carbocycles. The highest BCUT2D eigenvalue weighted by molar-refractivity contribution is 8.01. The van der Waals surface area contributed by atoms with Crippen molar-refractivity contribution in [3.05, 3.63) is 35.6 Å². The molecule has 0 aromatic heterocycles. The third-order valence-electron chi connectivity index (χ3n) is 2.83. The second-order valence-electron chi connectivity index (χ2n) is 6.02. The Morgan fingerprint density at radius 2 is 1.77 bits per heavy atom. The van der Waals surface area contributed by atoms with E-state index in [1.807, 2.05) is 27.7 Å². The van der Waals surface area contributed by atoms with Gasteiger partial charge in [0.1, 0.15) is 5.82 Å². The molecule has 22 heavy (non-hydrogen) atoms. The zero-order valence-corrected chi connectivity index (χ0v) is 14.2. The zero-order chi connectivity index (χ0) is 16.8. The van der Waals surface area contributed by atoms with Gasteiger partial charge in [-0.05, 0) is 24.6 Å². The van der Waals surface area contributed by atoms with Gasteiger partial charge in [-0.3, -0.25) is 9.59 Å². The Kier molecular flexibility index (Phi) is 6.87. The summed E-state index contributed by atoms with van der Waals surface area (Å²) in [5, 5.41) is 5.35. The van der Waals surface area contributed by atoms with Crippen LogP contribution < -0.4 is 10.6 Å². The molecule has 4 nitrogen and oxygen atoms in total. The number of rotatable bonds is 6. The lowest BCUT2D eigenvalue weighted by atomic mass is 10.1. The number of amides is 2. The lowest BCUT2D eigenvalue weighted by molar-refractivity contribution is -0.125. The molecular weight excluding hydrogens is 303 g/mol. The highest BCUT2D eigenvalue weighted by Crippen LogP contribution is 2.22. The maximum atomic E-state index is 12.8. The molecule has 1 aromatic rings. The fourth-order valence-corrected chi connectivity index (χ4v) is 2.31. The molecule has 0 aliphatic carbocycles. The minimum atomic E-state index is -0.314. The van der Waals surface area contributed by atoms with E-state index < -0.39 is 0 Å². The Bertz CT molecular complexity index is 512. The normalized spacial score (nSPS) is 12.6. The lowest BCUT2D eigenvalue weighted by Crippen LogP contribution is -2.39. The molecule has 1 aromatic carbocycles. The molecule has 1 rings (SSSR count). The van der Waals surface area contributed by atoms with E-state index in [9.17, 15) is 14.0 Å². The van der Waals surface area contributed by atoms with Crippen LogP contribution in [0, 0.1) is 5.82 Å². The highest BCUT2D eigenvalue weighted by atomic mass is 32.2. The number of hydrogen-bond donors (Lipinski definition) is 2. The van der Waals surface area contributed by atoms with Gasteiger partial charge in [0, 0.05) is 4.75 Å². The number of benzene rings is 1. The first-order valence-corrected chi connectivity index (χ1v) is 8.11. The number of thioether (sulfide) groups is 1. The number of carbonyl (C=O) groups excluding carboxylic acids is 2. The Morgan fingerprint density at radius 1 is 1.18 bits per heavy atom. The van der Waals surface area contributed by atoms with E-state index in [1.165, 1.54) is 23.9 Å². The maximum absolute atomic E-state index is 12.8. The standard InChI is InChI=1S/C16H23FN2O2S/c1-11(12-5-7-13(17)8-6-12)19-14(20)9-18-15(21)10-22-16(2,3)4/h5-8,11H,9-10H2,1-4H3,(H,18,21)(H,19,20)/t11-/m0/s1. The summed E-state index contributed by atoms with van der Waals surface area (Å²) in [5.41, 5.74) is 0.810. The van der Waals surface area contributed by atoms with Crippen molar-refractivity contribution in [3.63, 3.8) is 0 Å². The van der Waals surface area contributed by atoms with Gasteiger partial charge in [0.15, 0.2) is 0 Å². The molecule has 0 bridgehead atoms. The van der Waals surface area contributed by atoms with Crippen molar-refractivity contribution in [1.82, 2.24) is 10.6 Å². The molecule has 0 fully saturated rings. The minimum absolute atomic E-state index is 0.0106. The molecule has 0 saturated heterocycles. The maximum Gasteiger partial charge on any atom is 0.239 e. The van der Waals surface area contributed by atoms with Gasteiger partial charge >= 0.3 is 0 Å². The monoisotopic (exact) mass is 326 g/mol. The van der Waals surface area contributed by atoms with E-state index in [0.29, 0.717) is 5.75 Å². The molecular formula is C16H23FN2O2S. The number of nitrogens with one attached hydrogen (secondary N) is 2. The van der Waals surface area contributed by atoms with Crippen molar-refractivity contribution in [2.75, 3.05) is 12.3 Å². The molecule has 0 unspecified atom stereocenters. The van der Waals surface area contributed by atoms with Crippen LogP contribution in [0.25, 0.3) is 0 Å². The van der Waals surface area contributed by atoms with Crippen LogP contribution in [0.5, 0.6) is 0 Å². The predicted octanol–water partition coefficient (Wildman–Crippen LogP) is 2.65. The van der Waals surface area contributed by atoms with Gasteiger partial charge in [0.05, 0.1) is 18.3 Å². The van der Waals surface area contributed by atoms with E-state index in [1.54, 1.807) is 12.1 Å². The van der Waals surface area contributed by atoms with E-state index >= 15 is 0 Å². The third kappa shape index (κ3) is 7.45. The molecule has 1 atom stereocenters. The summed E-state index contributed by atoms with van der Waals surface area (Å²) in [6.07, 6.45) is 0. The fraction of sp³-hybridized carbons (Fsp3) is 0.500. The molecule has 0 spiro atoms. The van der Waals surface area contributed by atoms with E-state index in [-0.39, 0.29) is 35.0 Å². The van der Waals surface area contributed by atoms with Gasteiger partial charge in [-0.25, -0.2) is 4.39 Å². The smallest absolute Gasteiger partial charge is 0.239 e. The largest absolute Gasteiger partial charge is 0.348 e. The van der Waals surface area contributed by atoms with E-state index in [0.717, 1.165) is 5.56 Å². The first-order chi connectivity index (χ1) is 10.2. The van der Waals surface area contributed by atoms with Crippen molar-refractivity contribution < 1.29 is 14.0 Å². The zero-order valence-electron chi connectivity index (χ0n) is 13.4. The van der Waals surface area contributed by atoms with Gasteiger partial charge in [-0.15, -0.1) is 11.8 Å². The first kappa shape index (κ1) is 18.5. The van der Waals surface area contributed by atoms with E-state index in [4.69, 9.17) is 0 Å². The second-order valence-corrected chi connectivity index (χ2v) is 7.82. The molecule has 0 heterocycles. The Morgan fingerprint density at radius 3 is 2.32 bits per heavy atom. The van der Waals surface area contributed by atoms with Gasteiger partial charge in [-0.1, -0.05) is 32.9 Å². The number of hydrogen-bond acceptors (Lipinski definition) is 3. The SMILES string of the molecule is C[C@H](NC(=O)CNC(=O)CSC(C)(C)C)c1ccc(F)cc1. The van der Waals surface area contributed by atoms with Crippen LogP contribution in [0.2, 0.25) is 0 Å². The van der Waals surface area contributed by atoms with Crippen molar-refractivity contribution in [3.8, 4) is 0 Å². The van der Waals surface area contributed by atoms with Crippen LogP contribution in [0.4, 0.5) is 4.39 Å². The van der Waals surface area contributed by atoms with Crippen LogP contribution in [-0.4, -0.2) is 28.9 Å². The minimum Gasteiger partial charge on any atom is -0.348 e. The summed E-state index contributed by atoms with van der Waals surface area (Å²) >= 11 is 1.53. The van der Waals surface area contributed by atoms with Crippen molar-refractivity contribution >= 4 is 23.6 Å². The summed E-state index contributed by atoms with van der Waals surface area (Å²) in [6, 6.07) is 5.71. The van der Waals surface area contributed by atoms with Crippen LogP contribution >= 0.6 is 11.8 Å². The van der Waals surface area contributed by atoms with Crippen LogP contribution in [-0.2, 0) is 9.59 Å². The van der Waals surface area contributed by atoms with Crippen molar-refractivity contribution in [2.45, 2.75) is 38.5 Å². The third-order valence-corrected chi connectivity index (χ3v) is 4.10. The summed E-state index contributed by atoms with van der Waals surface area (Å²) < 4.78 is 12.9. The predicted molar refractivity (Wildman–Crippen MR) is 88.2 cm³/mol. The summed E-state index contributed by atoms with van der Waals surface area (Å²) in [5.74, 6) is -0.425. The van der Waals surface area contributed by atoms with Crippen molar-refractivity contribution in [1.29, 1.82) is 0 Å². The molecule has 0 aliphatic rings. The molecule has 0 radical (unpaired) electrons. The topological polar surface area (TPSA) is 58.2 Å².